The lowest BCUT2D eigenvalue weighted by Crippen LogP contribution is -2.35. The van der Waals surface area contributed by atoms with E-state index in [4.69, 9.17) is 0 Å². The van der Waals surface area contributed by atoms with Gasteiger partial charge in [-0.25, -0.2) is 8.42 Å². The Hall–Kier alpha value is -1.36. The predicted molar refractivity (Wildman–Crippen MR) is 61.0 cm³/mol. The number of carbonyl (C=O) groups excluding carboxylic acids is 1. The molecule has 1 aliphatic rings. The zero-order valence-electron chi connectivity index (χ0n) is 8.72. The molecule has 1 aliphatic heterocycles. The number of rotatable bonds is 2. The highest BCUT2D eigenvalue weighted by Crippen LogP contribution is 2.12. The first-order valence-corrected chi connectivity index (χ1v) is 6.95. The van der Waals surface area contributed by atoms with Crippen LogP contribution in [0.2, 0.25) is 0 Å². The fraction of sp³-hybridized carbons (Fsp3) is 0.364. The van der Waals surface area contributed by atoms with Crippen molar-refractivity contribution in [2.75, 3.05) is 11.5 Å². The Labute approximate surface area is 94.6 Å². The van der Waals surface area contributed by atoms with Crippen LogP contribution < -0.4 is 5.32 Å². The Morgan fingerprint density at radius 3 is 2.50 bits per heavy atom. The van der Waals surface area contributed by atoms with Gasteiger partial charge in [0.1, 0.15) is 0 Å². The van der Waals surface area contributed by atoms with Crippen molar-refractivity contribution in [1.82, 2.24) is 5.32 Å². The second kappa shape index (κ2) is 4.25. The van der Waals surface area contributed by atoms with Crippen molar-refractivity contribution in [2.24, 2.45) is 0 Å². The molecule has 1 amide bonds. The smallest absolute Gasteiger partial charge is 0.251 e. The number of hydrogen-bond acceptors (Lipinski definition) is 3. The van der Waals surface area contributed by atoms with E-state index in [0.717, 1.165) is 0 Å². The second-order valence-corrected chi connectivity index (χ2v) is 6.17. The summed E-state index contributed by atoms with van der Waals surface area (Å²) in [5, 5.41) is 2.73. The minimum atomic E-state index is -2.94. The second-order valence-electron chi connectivity index (χ2n) is 3.94. The van der Waals surface area contributed by atoms with Crippen molar-refractivity contribution in [3.05, 3.63) is 35.9 Å². The van der Waals surface area contributed by atoms with Crippen molar-refractivity contribution in [3.8, 4) is 0 Å². The average molecular weight is 239 g/mol. The molecule has 0 aromatic heterocycles. The van der Waals surface area contributed by atoms with E-state index in [1.54, 1.807) is 24.3 Å². The van der Waals surface area contributed by atoms with Gasteiger partial charge in [-0.05, 0) is 18.6 Å². The maximum atomic E-state index is 11.7. The minimum Gasteiger partial charge on any atom is -0.348 e. The normalized spacial score (nSPS) is 22.9. The molecule has 1 heterocycles. The molecule has 0 aliphatic carbocycles. The lowest BCUT2D eigenvalue weighted by molar-refractivity contribution is 0.0941. The first-order valence-electron chi connectivity index (χ1n) is 5.13. The van der Waals surface area contributed by atoms with Gasteiger partial charge in [0.05, 0.1) is 11.5 Å². The Bertz CT molecular complexity index is 481. The average Bonchev–Trinajstić information content (AvgIpc) is 2.59. The third-order valence-corrected chi connectivity index (χ3v) is 4.37. The lowest BCUT2D eigenvalue weighted by atomic mass is 10.2. The topological polar surface area (TPSA) is 63.2 Å². The Balaban J connectivity index is 1.99. The van der Waals surface area contributed by atoms with Gasteiger partial charge in [-0.2, -0.15) is 0 Å². The summed E-state index contributed by atoms with van der Waals surface area (Å²) in [6, 6.07) is 8.56. The zero-order valence-corrected chi connectivity index (χ0v) is 9.53. The molecule has 1 aromatic carbocycles. The van der Waals surface area contributed by atoms with Crippen LogP contribution in [0.1, 0.15) is 16.8 Å². The summed E-state index contributed by atoms with van der Waals surface area (Å²) in [5.41, 5.74) is 0.562. The number of hydrogen-bond donors (Lipinski definition) is 1. The monoisotopic (exact) mass is 239 g/mol. The summed E-state index contributed by atoms with van der Waals surface area (Å²) < 4.78 is 22.4. The van der Waals surface area contributed by atoms with Gasteiger partial charge in [0.25, 0.3) is 5.91 Å². The van der Waals surface area contributed by atoms with Gasteiger partial charge in [0, 0.05) is 11.6 Å². The molecule has 2 rings (SSSR count). The van der Waals surface area contributed by atoms with Crippen LogP contribution in [0, 0.1) is 0 Å². The van der Waals surface area contributed by atoms with Crippen LogP contribution in [0.5, 0.6) is 0 Å². The van der Waals surface area contributed by atoms with Crippen LogP contribution >= 0.6 is 0 Å². The fourth-order valence-electron chi connectivity index (χ4n) is 1.77. The van der Waals surface area contributed by atoms with Gasteiger partial charge in [-0.3, -0.25) is 4.79 Å². The number of benzene rings is 1. The largest absolute Gasteiger partial charge is 0.348 e. The Kier molecular flexibility index (Phi) is 2.96. The van der Waals surface area contributed by atoms with Crippen LogP contribution in [0.4, 0.5) is 0 Å². The maximum Gasteiger partial charge on any atom is 0.251 e. The predicted octanol–water partition coefficient (Wildman–Crippen LogP) is 0.603. The van der Waals surface area contributed by atoms with E-state index < -0.39 is 9.84 Å². The molecule has 4 nitrogen and oxygen atoms in total. The van der Waals surface area contributed by atoms with Gasteiger partial charge >= 0.3 is 0 Å². The highest BCUT2D eigenvalue weighted by atomic mass is 32.2. The van der Waals surface area contributed by atoms with Crippen LogP contribution in [-0.4, -0.2) is 31.9 Å². The van der Waals surface area contributed by atoms with Gasteiger partial charge in [0.15, 0.2) is 9.84 Å². The quantitative estimate of drug-likeness (QED) is 0.822. The molecule has 1 aromatic rings. The molecule has 0 unspecified atom stereocenters. The molecule has 1 atom stereocenters. The summed E-state index contributed by atoms with van der Waals surface area (Å²) in [5.74, 6) is 0.0286. The number of amides is 1. The van der Waals surface area contributed by atoms with E-state index in [1.165, 1.54) is 0 Å². The van der Waals surface area contributed by atoms with Crippen molar-refractivity contribution in [1.29, 1.82) is 0 Å². The maximum absolute atomic E-state index is 11.7. The van der Waals surface area contributed by atoms with Gasteiger partial charge in [-0.15, -0.1) is 0 Å². The number of sulfone groups is 1. The van der Waals surface area contributed by atoms with Crippen molar-refractivity contribution >= 4 is 15.7 Å². The minimum absolute atomic E-state index is 0.0611. The highest BCUT2D eigenvalue weighted by molar-refractivity contribution is 7.91. The molecule has 1 saturated heterocycles. The summed E-state index contributed by atoms with van der Waals surface area (Å²) in [6.07, 6.45) is 0.515. The molecule has 5 heteroatoms. The van der Waals surface area contributed by atoms with Crippen LogP contribution in [0.3, 0.4) is 0 Å². The molecule has 86 valence electrons. The van der Waals surface area contributed by atoms with Crippen molar-refractivity contribution in [3.63, 3.8) is 0 Å². The molecule has 16 heavy (non-hydrogen) atoms. The number of carbonyl (C=O) groups is 1. The van der Waals surface area contributed by atoms with Gasteiger partial charge in [-0.1, -0.05) is 18.2 Å². The summed E-state index contributed by atoms with van der Waals surface area (Å²) in [7, 11) is -2.94. The molecule has 0 bridgehead atoms. The molecular formula is C11H13NO3S. The van der Waals surface area contributed by atoms with E-state index >= 15 is 0 Å². The number of nitrogens with one attached hydrogen (secondary N) is 1. The highest BCUT2D eigenvalue weighted by Gasteiger charge is 2.28. The van der Waals surface area contributed by atoms with E-state index in [1.807, 2.05) is 6.07 Å². The fourth-order valence-corrected chi connectivity index (χ4v) is 3.44. The lowest BCUT2D eigenvalue weighted by Gasteiger charge is -2.10. The van der Waals surface area contributed by atoms with Crippen molar-refractivity contribution < 1.29 is 13.2 Å². The third-order valence-electron chi connectivity index (χ3n) is 2.60. The van der Waals surface area contributed by atoms with E-state index in [-0.39, 0.29) is 23.5 Å². The summed E-state index contributed by atoms with van der Waals surface area (Å²) >= 11 is 0. The van der Waals surface area contributed by atoms with Gasteiger partial charge in [0.2, 0.25) is 0 Å². The first-order chi connectivity index (χ1) is 7.57. The van der Waals surface area contributed by atoms with E-state index in [0.29, 0.717) is 12.0 Å². The third kappa shape index (κ3) is 2.61. The standard InChI is InChI=1S/C11H13NO3S/c13-11(9-4-2-1-3-5-9)12-10-6-7-16(14,15)8-10/h1-5,10H,6-8H2,(H,12,13)/t10-/m1/s1. The van der Waals surface area contributed by atoms with E-state index in [9.17, 15) is 13.2 Å². The van der Waals surface area contributed by atoms with E-state index in [2.05, 4.69) is 5.32 Å². The SMILES string of the molecule is O=C(N[C@@H]1CCS(=O)(=O)C1)c1ccccc1. The molecule has 0 spiro atoms. The Morgan fingerprint density at radius 2 is 1.94 bits per heavy atom. The van der Waals surface area contributed by atoms with Crippen molar-refractivity contribution in [2.45, 2.75) is 12.5 Å². The zero-order chi connectivity index (χ0) is 11.6. The van der Waals surface area contributed by atoms with Crippen LogP contribution in [-0.2, 0) is 9.84 Å². The summed E-state index contributed by atoms with van der Waals surface area (Å²) in [4.78, 5) is 11.7. The molecule has 0 saturated carbocycles. The molecule has 1 fully saturated rings. The summed E-state index contributed by atoms with van der Waals surface area (Å²) in [6.45, 7) is 0. The molecular weight excluding hydrogens is 226 g/mol. The van der Waals surface area contributed by atoms with Crippen LogP contribution in [0.25, 0.3) is 0 Å². The molecule has 0 radical (unpaired) electrons. The molecule has 1 N–H and O–H groups in total. The van der Waals surface area contributed by atoms with Gasteiger partial charge < -0.3 is 5.32 Å². The first kappa shape index (κ1) is 11.1. The Morgan fingerprint density at radius 1 is 1.25 bits per heavy atom. The van der Waals surface area contributed by atoms with Crippen LogP contribution in [0.15, 0.2) is 30.3 Å².